The molecule has 0 aliphatic carbocycles. The predicted molar refractivity (Wildman–Crippen MR) is 131 cm³/mol. The van der Waals surface area contributed by atoms with Crippen molar-refractivity contribution in [1.29, 1.82) is 0 Å². The highest BCUT2D eigenvalue weighted by atomic mass is 16.2. The molecule has 0 heterocycles. The molecule has 0 bridgehead atoms. The zero-order valence-corrected chi connectivity index (χ0v) is 18.5. The second-order valence-electron chi connectivity index (χ2n) is 7.74. The Morgan fingerprint density at radius 3 is 1.47 bits per heavy atom. The van der Waals surface area contributed by atoms with Gasteiger partial charge < -0.3 is 10.6 Å². The minimum absolute atomic E-state index is 0.148. The Hall–Kier alpha value is -3.92. The number of hydrogen-bond donors (Lipinski definition) is 2. The van der Waals surface area contributed by atoms with Crippen LogP contribution >= 0.6 is 0 Å². The second-order valence-corrected chi connectivity index (χ2v) is 7.74. The molecular weight excluding hydrogens is 396 g/mol. The molecule has 3 rings (SSSR count). The van der Waals surface area contributed by atoms with Gasteiger partial charge in [0.25, 0.3) is 0 Å². The molecule has 3 aromatic carbocycles. The van der Waals surface area contributed by atoms with E-state index >= 15 is 0 Å². The molecule has 2 amide bonds. The first-order valence-electron chi connectivity index (χ1n) is 10.6. The maximum atomic E-state index is 12.1. The summed E-state index contributed by atoms with van der Waals surface area (Å²) in [6.07, 6.45) is 6.67. The van der Waals surface area contributed by atoms with E-state index in [2.05, 4.69) is 10.6 Å². The third kappa shape index (κ3) is 7.73. The third-order valence-corrected chi connectivity index (χ3v) is 4.93. The molecule has 0 aliphatic heterocycles. The first-order valence-corrected chi connectivity index (χ1v) is 10.6. The van der Waals surface area contributed by atoms with E-state index in [9.17, 15) is 9.59 Å². The summed E-state index contributed by atoms with van der Waals surface area (Å²) in [5.74, 6) is -0.295. The normalized spacial score (nSPS) is 11.1. The van der Waals surface area contributed by atoms with E-state index in [-0.39, 0.29) is 11.8 Å². The molecule has 0 saturated carbocycles. The maximum absolute atomic E-state index is 12.1. The molecule has 0 atom stereocenters. The van der Waals surface area contributed by atoms with Crippen LogP contribution < -0.4 is 10.6 Å². The lowest BCUT2D eigenvalue weighted by molar-refractivity contribution is -0.117. The molecule has 3 aromatic rings. The predicted octanol–water partition coefficient (Wildman–Crippen LogP) is 4.96. The molecule has 0 radical (unpaired) electrons. The topological polar surface area (TPSA) is 58.2 Å². The Bertz CT molecular complexity index is 1020. The second kappa shape index (κ2) is 11.5. The quantitative estimate of drug-likeness (QED) is 0.502. The van der Waals surface area contributed by atoms with E-state index < -0.39 is 0 Å². The summed E-state index contributed by atoms with van der Waals surface area (Å²) in [5.41, 5.74) is 6.29. The average molecular weight is 425 g/mol. The molecule has 4 nitrogen and oxygen atoms in total. The van der Waals surface area contributed by atoms with Crippen LogP contribution in [0.15, 0.2) is 84.9 Å². The number of carbonyl (C=O) groups excluding carboxylic acids is 2. The van der Waals surface area contributed by atoms with Crippen LogP contribution in [0.4, 0.5) is 0 Å². The standard InChI is InChI=1S/C28H28N2O2/c1-21-6-10-23(11-7-21)14-16-27(31)29-19-25-4-3-5-26(18-25)20-30-28(32)17-15-24-12-8-22(2)9-13-24/h3-18H,19-20H2,1-2H3,(H,29,31)(H,30,32). The van der Waals surface area contributed by atoms with Gasteiger partial charge in [-0.05, 0) is 48.3 Å². The summed E-state index contributed by atoms with van der Waals surface area (Å²) in [7, 11) is 0. The molecule has 0 unspecified atom stereocenters. The zero-order chi connectivity index (χ0) is 22.8. The van der Waals surface area contributed by atoms with E-state index in [1.54, 1.807) is 12.2 Å². The van der Waals surface area contributed by atoms with Gasteiger partial charge in [0.2, 0.25) is 11.8 Å². The van der Waals surface area contributed by atoms with Crippen LogP contribution in [0.5, 0.6) is 0 Å². The van der Waals surface area contributed by atoms with E-state index in [0.717, 1.165) is 22.3 Å². The van der Waals surface area contributed by atoms with E-state index in [1.165, 1.54) is 23.3 Å². The summed E-state index contributed by atoms with van der Waals surface area (Å²) < 4.78 is 0. The maximum Gasteiger partial charge on any atom is 0.244 e. The van der Waals surface area contributed by atoms with Crippen molar-refractivity contribution in [2.24, 2.45) is 0 Å². The van der Waals surface area contributed by atoms with Crippen LogP contribution in [0.3, 0.4) is 0 Å². The van der Waals surface area contributed by atoms with Gasteiger partial charge in [-0.1, -0.05) is 83.9 Å². The average Bonchev–Trinajstić information content (AvgIpc) is 2.81. The number of aryl methyl sites for hydroxylation is 2. The number of hydrogen-bond acceptors (Lipinski definition) is 2. The van der Waals surface area contributed by atoms with Crippen LogP contribution in [0.2, 0.25) is 0 Å². The van der Waals surface area contributed by atoms with Crippen molar-refractivity contribution in [2.45, 2.75) is 26.9 Å². The molecule has 2 N–H and O–H groups in total. The zero-order valence-electron chi connectivity index (χ0n) is 18.5. The van der Waals surface area contributed by atoms with Gasteiger partial charge in [-0.2, -0.15) is 0 Å². The largest absolute Gasteiger partial charge is 0.348 e. The molecule has 162 valence electrons. The van der Waals surface area contributed by atoms with E-state index in [0.29, 0.717) is 13.1 Å². The number of carbonyl (C=O) groups is 2. The van der Waals surface area contributed by atoms with Gasteiger partial charge >= 0.3 is 0 Å². The van der Waals surface area contributed by atoms with Gasteiger partial charge in [0, 0.05) is 25.2 Å². The van der Waals surface area contributed by atoms with E-state index in [1.807, 2.05) is 86.6 Å². The van der Waals surface area contributed by atoms with Crippen molar-refractivity contribution < 1.29 is 9.59 Å². The molecule has 32 heavy (non-hydrogen) atoms. The van der Waals surface area contributed by atoms with Crippen molar-refractivity contribution >= 4 is 24.0 Å². The van der Waals surface area contributed by atoms with Crippen LogP contribution in [0.25, 0.3) is 12.2 Å². The Morgan fingerprint density at radius 1 is 0.656 bits per heavy atom. The minimum Gasteiger partial charge on any atom is -0.348 e. The molecule has 0 aliphatic rings. The van der Waals surface area contributed by atoms with Crippen molar-refractivity contribution in [2.75, 3.05) is 0 Å². The number of amides is 2. The summed E-state index contributed by atoms with van der Waals surface area (Å²) in [4.78, 5) is 24.2. The summed E-state index contributed by atoms with van der Waals surface area (Å²) in [5, 5.41) is 5.78. The van der Waals surface area contributed by atoms with Gasteiger partial charge in [0.05, 0.1) is 0 Å². The lowest BCUT2D eigenvalue weighted by atomic mass is 10.1. The van der Waals surface area contributed by atoms with Gasteiger partial charge in [0.15, 0.2) is 0 Å². The Balaban J connectivity index is 1.46. The molecule has 0 fully saturated rings. The lowest BCUT2D eigenvalue weighted by Gasteiger charge is -2.07. The highest BCUT2D eigenvalue weighted by Gasteiger charge is 2.01. The monoisotopic (exact) mass is 424 g/mol. The smallest absolute Gasteiger partial charge is 0.244 e. The fourth-order valence-electron chi connectivity index (χ4n) is 3.04. The summed E-state index contributed by atoms with van der Waals surface area (Å²) in [6, 6.07) is 23.8. The first kappa shape index (κ1) is 22.8. The van der Waals surface area contributed by atoms with Crippen LogP contribution in [0.1, 0.15) is 33.4 Å². The fraction of sp³-hybridized carbons (Fsp3) is 0.143. The van der Waals surface area contributed by atoms with Crippen molar-refractivity contribution in [3.63, 3.8) is 0 Å². The van der Waals surface area contributed by atoms with Gasteiger partial charge in [-0.15, -0.1) is 0 Å². The highest BCUT2D eigenvalue weighted by Crippen LogP contribution is 2.07. The molecule has 4 heteroatoms. The SMILES string of the molecule is Cc1ccc(C=CC(=O)NCc2cccc(CNC(=O)C=Cc3ccc(C)cc3)c2)cc1. The Morgan fingerprint density at radius 2 is 1.06 bits per heavy atom. The van der Waals surface area contributed by atoms with Crippen molar-refractivity contribution in [3.8, 4) is 0 Å². The number of nitrogens with one attached hydrogen (secondary N) is 2. The highest BCUT2D eigenvalue weighted by molar-refractivity contribution is 5.92. The molecule has 0 saturated heterocycles. The number of rotatable bonds is 8. The molecular formula is C28H28N2O2. The summed E-state index contributed by atoms with van der Waals surface area (Å²) >= 11 is 0. The Labute approximate surface area is 189 Å². The fourth-order valence-corrected chi connectivity index (χ4v) is 3.04. The molecule has 0 aromatic heterocycles. The van der Waals surface area contributed by atoms with Crippen LogP contribution in [-0.2, 0) is 22.7 Å². The van der Waals surface area contributed by atoms with E-state index in [4.69, 9.17) is 0 Å². The minimum atomic E-state index is -0.148. The molecule has 0 spiro atoms. The third-order valence-electron chi connectivity index (χ3n) is 4.93. The van der Waals surface area contributed by atoms with Crippen LogP contribution in [0, 0.1) is 13.8 Å². The number of benzene rings is 3. The van der Waals surface area contributed by atoms with Crippen molar-refractivity contribution in [3.05, 3.63) is 118 Å². The Kier molecular flexibility index (Phi) is 8.15. The first-order chi connectivity index (χ1) is 15.5. The van der Waals surface area contributed by atoms with Crippen LogP contribution in [-0.4, -0.2) is 11.8 Å². The van der Waals surface area contributed by atoms with Gasteiger partial charge in [-0.3, -0.25) is 9.59 Å². The van der Waals surface area contributed by atoms with Crippen molar-refractivity contribution in [1.82, 2.24) is 10.6 Å². The summed E-state index contributed by atoms with van der Waals surface area (Å²) in [6.45, 7) is 4.90. The van der Waals surface area contributed by atoms with Gasteiger partial charge in [-0.25, -0.2) is 0 Å². The van der Waals surface area contributed by atoms with Gasteiger partial charge in [0.1, 0.15) is 0 Å². The lowest BCUT2D eigenvalue weighted by Crippen LogP contribution is -2.21.